The van der Waals surface area contributed by atoms with Gasteiger partial charge in [-0.2, -0.15) is 5.10 Å². The molecule has 4 rings (SSSR count). The molecule has 0 radical (unpaired) electrons. The minimum Gasteiger partial charge on any atom is -0.353 e. The molecular weight excluding hydrogens is 515 g/mol. The van der Waals surface area contributed by atoms with E-state index in [9.17, 15) is 0 Å². The first-order valence-corrected chi connectivity index (χ1v) is 9.88. The van der Waals surface area contributed by atoms with Gasteiger partial charge in [0.2, 0.25) is 0 Å². The van der Waals surface area contributed by atoms with Crippen LogP contribution >= 0.6 is 35.6 Å². The monoisotopic (exact) mass is 538 g/mol. The first-order chi connectivity index (χ1) is 14.2. The molecule has 1 aliphatic heterocycles. The van der Waals surface area contributed by atoms with Gasteiger partial charge >= 0.3 is 0 Å². The number of hydrogen-bond acceptors (Lipinski definition) is 5. The molecule has 3 heterocycles. The lowest BCUT2D eigenvalue weighted by atomic mass is 10.1. The third-order valence-corrected chi connectivity index (χ3v) is 5.16. The van der Waals surface area contributed by atoms with Gasteiger partial charge in [0.1, 0.15) is 12.1 Å². The van der Waals surface area contributed by atoms with E-state index < -0.39 is 0 Å². The summed E-state index contributed by atoms with van der Waals surface area (Å²) >= 11 is 6.28. The van der Waals surface area contributed by atoms with Gasteiger partial charge in [0.25, 0.3) is 0 Å². The van der Waals surface area contributed by atoms with Crippen molar-refractivity contribution in [3.63, 3.8) is 0 Å². The average Bonchev–Trinajstić information content (AvgIpc) is 3.44. The third kappa shape index (κ3) is 5.39. The molecule has 1 unspecified atom stereocenters. The van der Waals surface area contributed by atoms with Gasteiger partial charge in [-0.3, -0.25) is 10.1 Å². The maximum atomic E-state index is 6.28. The highest BCUT2D eigenvalue weighted by atomic mass is 127. The van der Waals surface area contributed by atoms with Crippen LogP contribution in [-0.4, -0.2) is 52.3 Å². The first kappa shape index (κ1) is 22.3. The summed E-state index contributed by atoms with van der Waals surface area (Å²) in [5, 5.41) is 14.4. The van der Waals surface area contributed by atoms with Crippen molar-refractivity contribution in [3.8, 4) is 11.4 Å². The summed E-state index contributed by atoms with van der Waals surface area (Å²) in [6, 6.07) is 12.2. The summed E-state index contributed by atoms with van der Waals surface area (Å²) in [4.78, 5) is 15.2. The van der Waals surface area contributed by atoms with Gasteiger partial charge in [-0.1, -0.05) is 29.8 Å². The minimum absolute atomic E-state index is 0. The molecule has 3 N–H and O–H groups in total. The molecular formula is C20H24ClIN8. The van der Waals surface area contributed by atoms with Crippen LogP contribution in [0.25, 0.3) is 11.4 Å². The van der Waals surface area contributed by atoms with E-state index in [2.05, 4.69) is 52.8 Å². The van der Waals surface area contributed by atoms with Crippen LogP contribution in [0.4, 0.5) is 5.82 Å². The molecule has 1 aliphatic rings. The van der Waals surface area contributed by atoms with Crippen molar-refractivity contribution in [1.29, 1.82) is 0 Å². The summed E-state index contributed by atoms with van der Waals surface area (Å²) < 4.78 is 0. The van der Waals surface area contributed by atoms with E-state index in [-0.39, 0.29) is 30.0 Å². The molecule has 1 atom stereocenters. The largest absolute Gasteiger partial charge is 0.353 e. The second-order valence-corrected chi connectivity index (χ2v) is 7.25. The maximum absolute atomic E-state index is 6.28. The molecule has 0 aliphatic carbocycles. The Balaban J connectivity index is 0.00000256. The number of benzene rings is 1. The Bertz CT molecular complexity index is 978. The lowest BCUT2D eigenvalue weighted by molar-refractivity contribution is 0.648. The number of aromatic nitrogens is 4. The molecule has 0 bridgehead atoms. The second kappa shape index (κ2) is 10.6. The highest BCUT2D eigenvalue weighted by Crippen LogP contribution is 2.25. The average molecular weight is 539 g/mol. The maximum Gasteiger partial charge on any atom is 0.191 e. The molecule has 1 saturated heterocycles. The molecule has 2 aromatic heterocycles. The van der Waals surface area contributed by atoms with Gasteiger partial charge in [-0.25, -0.2) is 9.97 Å². The standard InChI is InChI=1S/C20H23ClN8.HI/c1-22-20(24-11-14-4-2-5-15(10-14)18-25-13-26-28-18)27-16-7-9-29(12-16)19-17(21)6-3-8-23-19;/h2-6,8,10,13,16H,7,9,11-12H2,1H3,(H2,22,24,27)(H,25,26,28);1H. The number of guanidine groups is 1. The number of nitrogens with zero attached hydrogens (tertiary/aromatic N) is 5. The lowest BCUT2D eigenvalue weighted by Crippen LogP contribution is -2.44. The quantitative estimate of drug-likeness (QED) is 0.263. The zero-order valence-electron chi connectivity index (χ0n) is 16.5. The number of aromatic amines is 1. The SMILES string of the molecule is CN=C(NCc1cccc(-c2ncn[nH]2)c1)NC1CCN(c2ncccc2Cl)C1.I. The Hall–Kier alpha value is -2.40. The van der Waals surface area contributed by atoms with Crippen molar-refractivity contribution in [2.24, 2.45) is 4.99 Å². The Labute approximate surface area is 197 Å². The normalized spacial score (nSPS) is 16.3. The summed E-state index contributed by atoms with van der Waals surface area (Å²) in [7, 11) is 1.78. The Kier molecular flexibility index (Phi) is 7.86. The number of aliphatic imine (C=N–C) groups is 1. The molecule has 3 aromatic rings. The van der Waals surface area contributed by atoms with Crippen molar-refractivity contribution in [1.82, 2.24) is 30.8 Å². The molecule has 0 spiro atoms. The van der Waals surface area contributed by atoms with E-state index >= 15 is 0 Å². The highest BCUT2D eigenvalue weighted by Gasteiger charge is 2.25. The molecule has 8 nitrogen and oxygen atoms in total. The topological polar surface area (TPSA) is 94.1 Å². The summed E-state index contributed by atoms with van der Waals surface area (Å²) in [5.74, 6) is 2.37. The molecule has 10 heteroatoms. The number of rotatable bonds is 5. The van der Waals surface area contributed by atoms with Gasteiger partial charge in [0.15, 0.2) is 11.8 Å². The van der Waals surface area contributed by atoms with Gasteiger partial charge in [-0.05, 0) is 30.2 Å². The van der Waals surface area contributed by atoms with E-state index in [4.69, 9.17) is 11.6 Å². The van der Waals surface area contributed by atoms with Crippen LogP contribution in [0.15, 0.2) is 53.9 Å². The van der Waals surface area contributed by atoms with E-state index in [0.29, 0.717) is 11.6 Å². The van der Waals surface area contributed by atoms with Crippen LogP contribution in [0.3, 0.4) is 0 Å². The molecule has 1 fully saturated rings. The number of pyridine rings is 1. The fraction of sp³-hybridized carbons (Fsp3) is 0.300. The van der Waals surface area contributed by atoms with E-state index in [0.717, 1.165) is 48.2 Å². The van der Waals surface area contributed by atoms with E-state index in [1.165, 1.54) is 6.33 Å². The van der Waals surface area contributed by atoms with Gasteiger partial charge < -0.3 is 15.5 Å². The Morgan fingerprint density at radius 3 is 2.97 bits per heavy atom. The highest BCUT2D eigenvalue weighted by molar-refractivity contribution is 14.0. The van der Waals surface area contributed by atoms with Gasteiger partial charge in [0.05, 0.1) is 5.02 Å². The van der Waals surface area contributed by atoms with Crippen molar-refractivity contribution >= 4 is 47.4 Å². The first-order valence-electron chi connectivity index (χ1n) is 9.50. The number of H-pyrrole nitrogens is 1. The lowest BCUT2D eigenvalue weighted by Gasteiger charge is -2.20. The number of hydrogen-bond donors (Lipinski definition) is 3. The predicted octanol–water partition coefficient (Wildman–Crippen LogP) is 3.08. The van der Waals surface area contributed by atoms with Crippen LogP contribution < -0.4 is 15.5 Å². The van der Waals surface area contributed by atoms with Crippen LogP contribution in [-0.2, 0) is 6.54 Å². The summed E-state index contributed by atoms with van der Waals surface area (Å²) in [5.41, 5.74) is 2.14. The van der Waals surface area contributed by atoms with Gasteiger partial charge in [-0.15, -0.1) is 24.0 Å². The number of nitrogens with one attached hydrogen (secondary N) is 3. The molecule has 30 heavy (non-hydrogen) atoms. The predicted molar refractivity (Wildman–Crippen MR) is 130 cm³/mol. The zero-order chi connectivity index (χ0) is 20.1. The molecule has 0 saturated carbocycles. The van der Waals surface area contributed by atoms with Crippen LogP contribution in [0.5, 0.6) is 0 Å². The molecule has 1 aromatic carbocycles. The van der Waals surface area contributed by atoms with Crippen molar-refractivity contribution in [2.45, 2.75) is 19.0 Å². The van der Waals surface area contributed by atoms with E-state index in [1.807, 2.05) is 24.3 Å². The Morgan fingerprint density at radius 2 is 2.20 bits per heavy atom. The van der Waals surface area contributed by atoms with Crippen molar-refractivity contribution in [2.75, 3.05) is 25.0 Å². The molecule has 0 amide bonds. The third-order valence-electron chi connectivity index (χ3n) is 4.87. The number of anilines is 1. The Morgan fingerprint density at radius 1 is 1.30 bits per heavy atom. The fourth-order valence-electron chi connectivity index (χ4n) is 3.43. The van der Waals surface area contributed by atoms with Crippen LogP contribution in [0.1, 0.15) is 12.0 Å². The van der Waals surface area contributed by atoms with Crippen LogP contribution in [0.2, 0.25) is 5.02 Å². The zero-order valence-corrected chi connectivity index (χ0v) is 19.6. The van der Waals surface area contributed by atoms with Crippen molar-refractivity contribution in [3.05, 3.63) is 59.5 Å². The fourth-order valence-corrected chi connectivity index (χ4v) is 3.67. The molecule has 158 valence electrons. The van der Waals surface area contributed by atoms with Crippen LogP contribution in [0, 0.1) is 0 Å². The summed E-state index contributed by atoms with van der Waals surface area (Å²) in [6.45, 7) is 2.40. The van der Waals surface area contributed by atoms with E-state index in [1.54, 1.807) is 13.2 Å². The second-order valence-electron chi connectivity index (χ2n) is 6.85. The minimum atomic E-state index is 0. The van der Waals surface area contributed by atoms with Crippen molar-refractivity contribution < 1.29 is 0 Å². The smallest absolute Gasteiger partial charge is 0.191 e. The summed E-state index contributed by atoms with van der Waals surface area (Å²) in [6.07, 6.45) is 4.28. The van der Waals surface area contributed by atoms with Gasteiger partial charge in [0, 0.05) is 44.5 Å². The number of halogens is 2.